The summed E-state index contributed by atoms with van der Waals surface area (Å²) in [6.07, 6.45) is 0.822. The summed E-state index contributed by atoms with van der Waals surface area (Å²) in [4.78, 5) is 25.2. The minimum absolute atomic E-state index is 0.0380. The number of nitrogens with one attached hydrogen (secondary N) is 1. The zero-order valence-electron chi connectivity index (χ0n) is 14.5. The predicted octanol–water partition coefficient (Wildman–Crippen LogP) is 3.54. The van der Waals surface area contributed by atoms with Crippen LogP contribution < -0.4 is 11.1 Å². The molecule has 0 radical (unpaired) electrons. The fourth-order valence-corrected chi connectivity index (χ4v) is 2.81. The van der Waals surface area contributed by atoms with Gasteiger partial charge < -0.3 is 0 Å². The maximum atomic E-state index is 12.8. The van der Waals surface area contributed by atoms with E-state index < -0.39 is 0 Å². The maximum absolute atomic E-state index is 12.8. The first-order chi connectivity index (χ1) is 11.3. The zero-order valence-corrected chi connectivity index (χ0v) is 14.5. The van der Waals surface area contributed by atoms with Crippen LogP contribution in [0.2, 0.25) is 0 Å². The van der Waals surface area contributed by atoms with Crippen LogP contribution in [0, 0.1) is 0 Å². The molecule has 24 heavy (non-hydrogen) atoms. The molecule has 124 valence electrons. The lowest BCUT2D eigenvalue weighted by Crippen LogP contribution is -2.28. The third kappa shape index (κ3) is 2.80. The van der Waals surface area contributed by atoms with Gasteiger partial charge in [0.1, 0.15) is 0 Å². The summed E-state index contributed by atoms with van der Waals surface area (Å²) in [5.41, 5.74) is 2.45. The Morgan fingerprint density at radius 2 is 1.62 bits per heavy atom. The van der Waals surface area contributed by atoms with Crippen molar-refractivity contribution in [1.29, 1.82) is 0 Å². The predicted molar refractivity (Wildman–Crippen MR) is 98.2 cm³/mol. The number of aryl methyl sites for hydroxylation is 1. The molecule has 3 rings (SSSR count). The Hall–Kier alpha value is -2.62. The minimum atomic E-state index is -0.257. The molecule has 4 nitrogen and oxygen atoms in total. The highest BCUT2D eigenvalue weighted by Crippen LogP contribution is 2.22. The van der Waals surface area contributed by atoms with E-state index in [4.69, 9.17) is 0 Å². The van der Waals surface area contributed by atoms with Gasteiger partial charge in [-0.25, -0.2) is 4.68 Å². The van der Waals surface area contributed by atoms with Gasteiger partial charge in [0.2, 0.25) is 0 Å². The molecule has 2 aromatic carbocycles. The van der Waals surface area contributed by atoms with E-state index >= 15 is 0 Å². The van der Waals surface area contributed by atoms with Gasteiger partial charge in [-0.05, 0) is 47.2 Å². The zero-order chi connectivity index (χ0) is 17.5. The fourth-order valence-electron chi connectivity index (χ4n) is 2.81. The Kier molecular flexibility index (Phi) is 3.91. The van der Waals surface area contributed by atoms with E-state index in [0.29, 0.717) is 16.5 Å². The summed E-state index contributed by atoms with van der Waals surface area (Å²) in [6, 6.07) is 13.1. The van der Waals surface area contributed by atoms with Gasteiger partial charge in [-0.2, -0.15) is 0 Å². The average molecular weight is 322 g/mol. The smallest absolute Gasteiger partial charge is 0.267 e. The van der Waals surface area contributed by atoms with Gasteiger partial charge in [0.05, 0.1) is 16.5 Å². The lowest BCUT2D eigenvalue weighted by atomic mass is 9.87. The van der Waals surface area contributed by atoms with Gasteiger partial charge in [0, 0.05) is 0 Å². The van der Waals surface area contributed by atoms with Crippen molar-refractivity contribution in [3.05, 3.63) is 74.3 Å². The van der Waals surface area contributed by atoms with Crippen LogP contribution >= 0.6 is 0 Å². The van der Waals surface area contributed by atoms with Crippen LogP contribution in [-0.4, -0.2) is 9.78 Å². The topological polar surface area (TPSA) is 54.9 Å². The van der Waals surface area contributed by atoms with E-state index in [9.17, 15) is 9.59 Å². The van der Waals surface area contributed by atoms with Crippen LogP contribution in [0.25, 0.3) is 16.5 Å². The number of fused-ring (bicyclic) bond motifs is 1. The molecule has 0 saturated heterocycles. The number of nitrogens with zero attached hydrogens (tertiary/aromatic N) is 1. The lowest BCUT2D eigenvalue weighted by Gasteiger charge is -2.19. The Morgan fingerprint density at radius 1 is 0.958 bits per heavy atom. The van der Waals surface area contributed by atoms with Gasteiger partial charge in [-0.3, -0.25) is 14.7 Å². The van der Waals surface area contributed by atoms with Crippen molar-refractivity contribution in [1.82, 2.24) is 9.78 Å². The van der Waals surface area contributed by atoms with E-state index in [-0.39, 0.29) is 16.5 Å². The minimum Gasteiger partial charge on any atom is -0.267 e. The first-order valence-electron chi connectivity index (χ1n) is 8.20. The summed E-state index contributed by atoms with van der Waals surface area (Å²) in [6.45, 7) is 8.44. The first-order valence-corrected chi connectivity index (χ1v) is 8.20. The quantitative estimate of drug-likeness (QED) is 0.784. The van der Waals surface area contributed by atoms with Crippen LogP contribution in [0.4, 0.5) is 0 Å². The fraction of sp³-hybridized carbons (Fsp3) is 0.300. The number of hydrogen-bond acceptors (Lipinski definition) is 2. The molecule has 0 bridgehead atoms. The highest BCUT2D eigenvalue weighted by atomic mass is 16.2. The van der Waals surface area contributed by atoms with Crippen molar-refractivity contribution in [3.8, 4) is 5.69 Å². The Bertz CT molecular complexity index is 1000. The summed E-state index contributed by atoms with van der Waals surface area (Å²) >= 11 is 0. The normalized spacial score (nSPS) is 11.8. The monoisotopic (exact) mass is 322 g/mol. The van der Waals surface area contributed by atoms with E-state index in [1.54, 1.807) is 6.07 Å². The molecule has 0 aliphatic rings. The highest BCUT2D eigenvalue weighted by molar-refractivity contribution is 5.81. The SMILES string of the molecule is CCc1ccc2c(=O)[nH]n(-c3ccc(C(C)(C)C)cc3)c(=O)c2c1. The molecule has 0 spiro atoms. The molecule has 4 heteroatoms. The van der Waals surface area contributed by atoms with E-state index in [1.807, 2.05) is 43.3 Å². The molecule has 1 aromatic heterocycles. The third-order valence-corrected chi connectivity index (χ3v) is 4.38. The summed E-state index contributed by atoms with van der Waals surface area (Å²) in [7, 11) is 0. The molecule has 0 saturated carbocycles. The summed E-state index contributed by atoms with van der Waals surface area (Å²) in [5, 5.41) is 3.57. The van der Waals surface area contributed by atoms with Gasteiger partial charge in [0.15, 0.2) is 0 Å². The molecule has 3 aromatic rings. The number of aromatic nitrogens is 2. The first kappa shape index (κ1) is 16.2. The van der Waals surface area contributed by atoms with Crippen molar-refractivity contribution in [2.24, 2.45) is 0 Å². The van der Waals surface area contributed by atoms with E-state index in [1.165, 1.54) is 10.2 Å². The van der Waals surface area contributed by atoms with Gasteiger partial charge >= 0.3 is 0 Å². The highest BCUT2D eigenvalue weighted by Gasteiger charge is 2.14. The van der Waals surface area contributed by atoms with E-state index in [2.05, 4.69) is 25.9 Å². The largest absolute Gasteiger partial charge is 0.277 e. The van der Waals surface area contributed by atoms with Crippen LogP contribution in [0.3, 0.4) is 0 Å². The number of benzene rings is 2. The molecule has 0 fully saturated rings. The average Bonchev–Trinajstić information content (AvgIpc) is 2.57. The van der Waals surface area contributed by atoms with Gasteiger partial charge in [0.25, 0.3) is 11.1 Å². The summed E-state index contributed by atoms with van der Waals surface area (Å²) < 4.78 is 1.33. The molecule has 0 unspecified atom stereocenters. The van der Waals surface area contributed by atoms with Crippen molar-refractivity contribution >= 4 is 10.8 Å². The van der Waals surface area contributed by atoms with Crippen molar-refractivity contribution in [2.75, 3.05) is 0 Å². The second-order valence-corrected chi connectivity index (χ2v) is 7.11. The van der Waals surface area contributed by atoms with Crippen LogP contribution in [0.15, 0.2) is 52.1 Å². The Labute approximate surface area is 140 Å². The van der Waals surface area contributed by atoms with Crippen LogP contribution in [-0.2, 0) is 11.8 Å². The maximum Gasteiger partial charge on any atom is 0.277 e. The van der Waals surface area contributed by atoms with Crippen molar-refractivity contribution < 1.29 is 0 Å². The van der Waals surface area contributed by atoms with Gasteiger partial charge in [-0.15, -0.1) is 0 Å². The standard InChI is InChI=1S/C20H22N2O2/c1-5-13-6-11-16-17(12-13)19(24)22(21-18(16)23)15-9-7-14(8-10-15)20(2,3)4/h6-12H,5H2,1-4H3,(H,21,23). The van der Waals surface area contributed by atoms with Gasteiger partial charge in [-0.1, -0.05) is 45.9 Å². The van der Waals surface area contributed by atoms with Crippen LogP contribution in [0.1, 0.15) is 38.8 Å². The number of hydrogen-bond donors (Lipinski definition) is 1. The second kappa shape index (κ2) is 5.78. The molecule has 1 N–H and O–H groups in total. The molecular weight excluding hydrogens is 300 g/mol. The molecule has 0 atom stereocenters. The molecular formula is C20H22N2O2. The number of rotatable bonds is 2. The Balaban J connectivity index is 2.21. The Morgan fingerprint density at radius 3 is 2.21 bits per heavy atom. The number of H-pyrrole nitrogens is 1. The lowest BCUT2D eigenvalue weighted by molar-refractivity contribution is 0.590. The second-order valence-electron chi connectivity index (χ2n) is 7.11. The summed E-state index contributed by atoms with van der Waals surface area (Å²) in [5.74, 6) is 0. The molecule has 0 aliphatic carbocycles. The van der Waals surface area contributed by atoms with Crippen molar-refractivity contribution in [3.63, 3.8) is 0 Å². The molecule has 0 amide bonds. The van der Waals surface area contributed by atoms with Crippen LogP contribution in [0.5, 0.6) is 0 Å². The van der Waals surface area contributed by atoms with E-state index in [0.717, 1.165) is 12.0 Å². The number of aromatic amines is 1. The molecule has 0 aliphatic heterocycles. The van der Waals surface area contributed by atoms with Crippen molar-refractivity contribution in [2.45, 2.75) is 39.5 Å². The third-order valence-electron chi connectivity index (χ3n) is 4.38. The molecule has 1 heterocycles.